The fourth-order valence-electron chi connectivity index (χ4n) is 3.26. The van der Waals surface area contributed by atoms with E-state index in [1.165, 1.54) is 22.4 Å². The molecule has 2 heterocycles. The third-order valence-corrected chi connectivity index (χ3v) is 7.34. The summed E-state index contributed by atoms with van der Waals surface area (Å²) in [6.07, 6.45) is 1.25. The van der Waals surface area contributed by atoms with Crippen LogP contribution >= 0.6 is 11.3 Å². The third kappa shape index (κ3) is 4.02. The van der Waals surface area contributed by atoms with Crippen LogP contribution in [-0.2, 0) is 9.84 Å². The number of amides is 1. The van der Waals surface area contributed by atoms with Gasteiger partial charge in [-0.3, -0.25) is 4.79 Å². The Hall–Kier alpha value is -2.07. The molecular weight excluding hydrogens is 413 g/mol. The van der Waals surface area contributed by atoms with E-state index < -0.39 is 26.4 Å². The van der Waals surface area contributed by atoms with Gasteiger partial charge in [0.15, 0.2) is 0 Å². The second-order valence-corrected chi connectivity index (χ2v) is 9.33. The van der Waals surface area contributed by atoms with Crippen LogP contribution in [0, 0.1) is 5.82 Å². The molecule has 0 N–H and O–H groups in total. The highest BCUT2D eigenvalue weighted by molar-refractivity contribution is 7.92. The van der Waals surface area contributed by atoms with Crippen molar-refractivity contribution >= 4 is 32.8 Å². The number of benzene rings is 1. The summed E-state index contributed by atoms with van der Waals surface area (Å²) in [5, 5.41) is 1.33. The first-order valence-electron chi connectivity index (χ1n) is 8.59. The van der Waals surface area contributed by atoms with Gasteiger partial charge in [0.2, 0.25) is 9.84 Å². The molecule has 3 rings (SSSR count). The van der Waals surface area contributed by atoms with Gasteiger partial charge in [0, 0.05) is 31.9 Å². The van der Waals surface area contributed by atoms with Crippen LogP contribution in [0.2, 0.25) is 0 Å². The van der Waals surface area contributed by atoms with Crippen LogP contribution in [0.3, 0.4) is 0 Å². The lowest BCUT2D eigenvalue weighted by molar-refractivity contribution is 0.0710. The predicted molar refractivity (Wildman–Crippen MR) is 101 cm³/mol. The molecule has 1 amide bonds. The van der Waals surface area contributed by atoms with E-state index in [9.17, 15) is 26.4 Å². The third-order valence-electron chi connectivity index (χ3n) is 4.89. The molecule has 2 aromatic rings. The van der Waals surface area contributed by atoms with Gasteiger partial charge >= 0.3 is 5.76 Å². The fourth-order valence-corrected chi connectivity index (χ4v) is 5.41. The number of nitrogens with zero attached hydrogens (tertiary/aromatic N) is 2. The molecule has 1 aromatic heterocycles. The van der Waals surface area contributed by atoms with E-state index in [1.54, 1.807) is 19.2 Å². The molecule has 0 bridgehead atoms. The standard InChI is InChI=1S/C18H19F3N2O3S2/c1-22(17(24)16-15(8-11-27-16)28(25,26)18(20)21)13-6-9-23(10-7-13)14-4-2-12(19)3-5-14/h2-5,8,11,13,18H,6-7,9-10H2,1H3. The lowest BCUT2D eigenvalue weighted by atomic mass is 10.0. The zero-order valence-electron chi connectivity index (χ0n) is 15.0. The number of carbonyl (C=O) groups excluding carboxylic acids is 1. The van der Waals surface area contributed by atoms with E-state index in [4.69, 9.17) is 0 Å². The van der Waals surface area contributed by atoms with Crippen molar-refractivity contribution < 1.29 is 26.4 Å². The Labute approximate surface area is 165 Å². The number of anilines is 1. The molecule has 5 nitrogen and oxygen atoms in total. The molecule has 0 radical (unpaired) electrons. The van der Waals surface area contributed by atoms with Gasteiger partial charge < -0.3 is 9.80 Å². The predicted octanol–water partition coefficient (Wildman–Crippen LogP) is 3.62. The molecule has 1 aliphatic rings. The Morgan fingerprint density at radius 3 is 2.36 bits per heavy atom. The molecule has 1 aromatic carbocycles. The maximum absolute atomic E-state index is 13.1. The van der Waals surface area contributed by atoms with Crippen LogP contribution in [0.5, 0.6) is 0 Å². The minimum atomic E-state index is -4.83. The van der Waals surface area contributed by atoms with Gasteiger partial charge in [-0.1, -0.05) is 0 Å². The molecule has 152 valence electrons. The number of hydrogen-bond donors (Lipinski definition) is 0. The quantitative estimate of drug-likeness (QED) is 0.724. The van der Waals surface area contributed by atoms with Crippen LogP contribution in [0.25, 0.3) is 0 Å². The van der Waals surface area contributed by atoms with Crippen LogP contribution in [-0.4, -0.2) is 51.2 Å². The number of hydrogen-bond acceptors (Lipinski definition) is 5. The summed E-state index contributed by atoms with van der Waals surface area (Å²) in [5.74, 6) is -4.46. The van der Waals surface area contributed by atoms with Crippen molar-refractivity contribution in [3.63, 3.8) is 0 Å². The maximum atomic E-state index is 13.1. The molecule has 0 aliphatic carbocycles. The van der Waals surface area contributed by atoms with E-state index in [-0.39, 0.29) is 16.7 Å². The first-order chi connectivity index (χ1) is 13.2. The maximum Gasteiger partial charge on any atom is 0.341 e. The number of piperidine rings is 1. The average Bonchev–Trinajstić information content (AvgIpc) is 3.18. The fraction of sp³-hybridized carbons (Fsp3) is 0.389. The molecule has 0 spiro atoms. The Morgan fingerprint density at radius 1 is 1.18 bits per heavy atom. The number of alkyl halides is 2. The van der Waals surface area contributed by atoms with Crippen molar-refractivity contribution in [2.24, 2.45) is 0 Å². The Balaban J connectivity index is 1.69. The summed E-state index contributed by atoms with van der Waals surface area (Å²) < 4.78 is 62.4. The minimum Gasteiger partial charge on any atom is -0.371 e. The molecule has 28 heavy (non-hydrogen) atoms. The van der Waals surface area contributed by atoms with Crippen molar-refractivity contribution in [3.8, 4) is 0 Å². The number of rotatable bonds is 5. The van der Waals surface area contributed by atoms with Gasteiger partial charge in [0.05, 0.1) is 4.90 Å². The number of carbonyl (C=O) groups is 1. The van der Waals surface area contributed by atoms with Crippen LogP contribution in [0.15, 0.2) is 40.6 Å². The number of halogens is 3. The van der Waals surface area contributed by atoms with E-state index in [1.807, 2.05) is 0 Å². The Morgan fingerprint density at radius 2 is 1.79 bits per heavy atom. The summed E-state index contributed by atoms with van der Waals surface area (Å²) >= 11 is 0.843. The summed E-state index contributed by atoms with van der Waals surface area (Å²) in [5.41, 5.74) is 0.886. The zero-order chi connectivity index (χ0) is 20.5. The van der Waals surface area contributed by atoms with Crippen LogP contribution in [0.1, 0.15) is 22.5 Å². The monoisotopic (exact) mass is 432 g/mol. The largest absolute Gasteiger partial charge is 0.371 e. The summed E-state index contributed by atoms with van der Waals surface area (Å²) in [4.78, 5) is 15.5. The Bertz CT molecular complexity index is 937. The van der Waals surface area contributed by atoms with E-state index in [2.05, 4.69) is 4.90 Å². The molecule has 10 heteroatoms. The van der Waals surface area contributed by atoms with Gasteiger partial charge in [0.1, 0.15) is 10.7 Å². The molecule has 0 atom stereocenters. The molecule has 1 saturated heterocycles. The van der Waals surface area contributed by atoms with Crippen LogP contribution in [0.4, 0.5) is 18.9 Å². The lowest BCUT2D eigenvalue weighted by Crippen LogP contribution is -2.45. The summed E-state index contributed by atoms with van der Waals surface area (Å²) in [7, 11) is -3.28. The normalized spacial score (nSPS) is 15.8. The van der Waals surface area contributed by atoms with E-state index >= 15 is 0 Å². The first-order valence-corrected chi connectivity index (χ1v) is 11.0. The Kier molecular flexibility index (Phi) is 5.99. The first kappa shape index (κ1) is 20.7. The van der Waals surface area contributed by atoms with E-state index in [0.29, 0.717) is 25.9 Å². The molecular formula is C18H19F3N2O3S2. The molecule has 0 unspecified atom stereocenters. The SMILES string of the molecule is CN(C(=O)c1sccc1S(=O)(=O)C(F)F)C1CCN(c2ccc(F)cc2)CC1. The van der Waals surface area contributed by atoms with Crippen molar-refractivity contribution in [1.29, 1.82) is 0 Å². The van der Waals surface area contributed by atoms with Gasteiger partial charge in [-0.05, 0) is 48.6 Å². The van der Waals surface area contributed by atoms with Crippen molar-refractivity contribution in [2.75, 3.05) is 25.0 Å². The second kappa shape index (κ2) is 8.12. The van der Waals surface area contributed by atoms with Gasteiger partial charge in [-0.25, -0.2) is 12.8 Å². The zero-order valence-corrected chi connectivity index (χ0v) is 16.6. The molecule has 0 saturated carbocycles. The number of thiophene rings is 1. The minimum absolute atomic E-state index is 0.145. The van der Waals surface area contributed by atoms with Crippen molar-refractivity contribution in [1.82, 2.24) is 4.90 Å². The summed E-state index contributed by atoms with van der Waals surface area (Å²) in [6.45, 7) is 1.28. The smallest absolute Gasteiger partial charge is 0.341 e. The number of sulfone groups is 1. The van der Waals surface area contributed by atoms with Gasteiger partial charge in [0.25, 0.3) is 5.91 Å². The van der Waals surface area contributed by atoms with Crippen molar-refractivity contribution in [3.05, 3.63) is 46.4 Å². The second-order valence-electron chi connectivity index (χ2n) is 6.53. The van der Waals surface area contributed by atoms with Crippen molar-refractivity contribution in [2.45, 2.75) is 29.5 Å². The van der Waals surface area contributed by atoms with Gasteiger partial charge in [-0.15, -0.1) is 11.3 Å². The van der Waals surface area contributed by atoms with Crippen LogP contribution < -0.4 is 4.90 Å². The van der Waals surface area contributed by atoms with E-state index in [0.717, 1.165) is 23.1 Å². The lowest BCUT2D eigenvalue weighted by Gasteiger charge is -2.37. The topological polar surface area (TPSA) is 57.7 Å². The highest BCUT2D eigenvalue weighted by Crippen LogP contribution is 2.29. The highest BCUT2D eigenvalue weighted by Gasteiger charge is 2.34. The molecule has 1 fully saturated rings. The highest BCUT2D eigenvalue weighted by atomic mass is 32.2. The molecule has 1 aliphatic heterocycles. The average molecular weight is 432 g/mol. The van der Waals surface area contributed by atoms with Gasteiger partial charge in [-0.2, -0.15) is 8.78 Å². The summed E-state index contributed by atoms with van der Waals surface area (Å²) in [6, 6.07) is 7.06.